The fourth-order valence-corrected chi connectivity index (χ4v) is 2.50. The van der Waals surface area contributed by atoms with Crippen LogP contribution in [0.2, 0.25) is 0 Å². The fourth-order valence-electron chi connectivity index (χ4n) is 2.24. The maximum absolute atomic E-state index is 12.3. The number of nitrogens with zero attached hydrogens (tertiary/aromatic N) is 1. The van der Waals surface area contributed by atoms with Gasteiger partial charge >= 0.3 is 5.97 Å². The number of likely N-dealkylation sites (tertiary alicyclic amines) is 1. The van der Waals surface area contributed by atoms with Gasteiger partial charge in [-0.3, -0.25) is 4.79 Å². The summed E-state index contributed by atoms with van der Waals surface area (Å²) >= 11 is 4.24. The zero-order valence-electron chi connectivity index (χ0n) is 9.87. The molecule has 0 bridgehead atoms. The molecule has 2 rings (SSSR count). The maximum Gasteiger partial charge on any atom is 0.326 e. The molecule has 1 unspecified atom stereocenters. The van der Waals surface area contributed by atoms with Crippen LogP contribution in [0.25, 0.3) is 0 Å². The van der Waals surface area contributed by atoms with Crippen LogP contribution in [0.4, 0.5) is 0 Å². The van der Waals surface area contributed by atoms with Gasteiger partial charge in [-0.25, -0.2) is 4.79 Å². The highest BCUT2D eigenvalue weighted by molar-refractivity contribution is 7.80. The van der Waals surface area contributed by atoms with E-state index < -0.39 is 12.0 Å². The summed E-state index contributed by atoms with van der Waals surface area (Å²) < 4.78 is 0. The Morgan fingerprint density at radius 3 is 2.67 bits per heavy atom. The number of hydrogen-bond acceptors (Lipinski definition) is 3. The number of amides is 1. The van der Waals surface area contributed by atoms with Gasteiger partial charge in [-0.15, -0.1) is 12.6 Å². The third-order valence-corrected chi connectivity index (χ3v) is 3.57. The number of carbonyl (C=O) groups excluding carboxylic acids is 1. The molecule has 1 N–H and O–H groups in total. The van der Waals surface area contributed by atoms with E-state index in [-0.39, 0.29) is 5.91 Å². The second kappa shape index (κ2) is 5.44. The molecule has 1 heterocycles. The number of carbonyl (C=O) groups is 2. The molecule has 0 radical (unpaired) electrons. The zero-order valence-corrected chi connectivity index (χ0v) is 10.8. The van der Waals surface area contributed by atoms with E-state index in [9.17, 15) is 9.59 Å². The summed E-state index contributed by atoms with van der Waals surface area (Å²) in [4.78, 5) is 25.5. The number of aliphatic carboxylic acids is 1. The first-order valence-corrected chi connectivity index (χ1v) is 6.37. The number of carboxylic acids is 1. The third kappa shape index (κ3) is 2.51. The molecule has 1 amide bonds. The van der Waals surface area contributed by atoms with Crippen LogP contribution in [0.15, 0.2) is 29.2 Å². The van der Waals surface area contributed by atoms with Gasteiger partial charge in [0.25, 0.3) is 5.91 Å². The van der Waals surface area contributed by atoms with Crippen molar-refractivity contribution < 1.29 is 14.7 Å². The summed E-state index contributed by atoms with van der Waals surface area (Å²) in [6, 6.07) is 6.25. The fraction of sp³-hybridized carbons (Fsp3) is 0.385. The molecule has 1 atom stereocenters. The molecule has 96 valence electrons. The van der Waals surface area contributed by atoms with Crippen molar-refractivity contribution in [1.29, 1.82) is 0 Å². The maximum atomic E-state index is 12.3. The van der Waals surface area contributed by atoms with Crippen molar-refractivity contribution in [1.82, 2.24) is 4.90 Å². The van der Waals surface area contributed by atoms with Crippen LogP contribution in [0.3, 0.4) is 0 Å². The van der Waals surface area contributed by atoms with Crippen molar-refractivity contribution in [3.63, 3.8) is 0 Å². The zero-order chi connectivity index (χ0) is 13.1. The number of rotatable bonds is 2. The predicted molar refractivity (Wildman–Crippen MR) is 70.0 cm³/mol. The summed E-state index contributed by atoms with van der Waals surface area (Å²) in [5, 5.41) is 9.16. The smallest absolute Gasteiger partial charge is 0.326 e. The first-order valence-electron chi connectivity index (χ1n) is 5.93. The van der Waals surface area contributed by atoms with Gasteiger partial charge in [0.1, 0.15) is 6.04 Å². The van der Waals surface area contributed by atoms with Gasteiger partial charge in [-0.05, 0) is 31.4 Å². The minimum Gasteiger partial charge on any atom is -0.480 e. The summed E-state index contributed by atoms with van der Waals surface area (Å²) in [6.07, 6.45) is 2.23. The lowest BCUT2D eigenvalue weighted by Crippen LogP contribution is -2.48. The number of carboxylic acid groups (broad SMARTS) is 1. The minimum absolute atomic E-state index is 0.243. The molecule has 0 saturated carbocycles. The third-order valence-electron chi connectivity index (χ3n) is 3.18. The molecular weight excluding hydrogens is 250 g/mol. The van der Waals surface area contributed by atoms with Gasteiger partial charge in [0.15, 0.2) is 0 Å². The first kappa shape index (κ1) is 13.0. The Morgan fingerprint density at radius 2 is 2.00 bits per heavy atom. The highest BCUT2D eigenvalue weighted by Gasteiger charge is 2.32. The van der Waals surface area contributed by atoms with E-state index in [2.05, 4.69) is 12.6 Å². The Labute approximate surface area is 111 Å². The Morgan fingerprint density at radius 1 is 1.28 bits per heavy atom. The topological polar surface area (TPSA) is 57.6 Å². The van der Waals surface area contributed by atoms with E-state index in [0.29, 0.717) is 23.4 Å². The normalized spacial score (nSPS) is 19.6. The van der Waals surface area contributed by atoms with E-state index in [1.54, 1.807) is 24.3 Å². The van der Waals surface area contributed by atoms with Crippen molar-refractivity contribution in [3.8, 4) is 0 Å². The lowest BCUT2D eigenvalue weighted by atomic mass is 10.0. The van der Waals surface area contributed by atoms with Gasteiger partial charge < -0.3 is 10.0 Å². The predicted octanol–water partition coefficient (Wildman–Crippen LogP) is 2.05. The molecular formula is C13H15NO3S. The molecule has 1 aliphatic rings. The van der Waals surface area contributed by atoms with Crippen LogP contribution in [0.1, 0.15) is 29.6 Å². The average Bonchev–Trinajstić information content (AvgIpc) is 2.38. The number of hydrogen-bond donors (Lipinski definition) is 2. The molecule has 1 aliphatic heterocycles. The first-order chi connectivity index (χ1) is 8.61. The SMILES string of the molecule is O=C(O)C1CCCCN1C(=O)c1ccccc1S. The van der Waals surface area contributed by atoms with E-state index in [1.807, 2.05) is 0 Å². The van der Waals surface area contributed by atoms with Gasteiger partial charge in [0.2, 0.25) is 0 Å². The lowest BCUT2D eigenvalue weighted by molar-refractivity contribution is -0.143. The van der Waals surface area contributed by atoms with Gasteiger partial charge in [0.05, 0.1) is 5.56 Å². The molecule has 5 heteroatoms. The van der Waals surface area contributed by atoms with E-state index >= 15 is 0 Å². The number of benzene rings is 1. The lowest BCUT2D eigenvalue weighted by Gasteiger charge is -2.33. The standard InChI is InChI=1S/C13H15NO3S/c15-12(9-5-1-2-7-11(9)18)14-8-4-3-6-10(14)13(16)17/h1-2,5,7,10,18H,3-4,6,8H2,(H,16,17). The molecule has 0 aromatic heterocycles. The van der Waals surface area contributed by atoms with E-state index in [4.69, 9.17) is 5.11 Å². The molecule has 1 saturated heterocycles. The van der Waals surface area contributed by atoms with Crippen LogP contribution in [-0.2, 0) is 4.79 Å². The van der Waals surface area contributed by atoms with Crippen molar-refractivity contribution in [3.05, 3.63) is 29.8 Å². The summed E-state index contributed by atoms with van der Waals surface area (Å²) in [6.45, 7) is 0.498. The van der Waals surface area contributed by atoms with Crippen LogP contribution in [-0.4, -0.2) is 34.5 Å². The molecule has 1 aromatic carbocycles. The summed E-state index contributed by atoms with van der Waals surface area (Å²) in [5.41, 5.74) is 0.467. The largest absolute Gasteiger partial charge is 0.480 e. The van der Waals surface area contributed by atoms with Gasteiger partial charge in [0, 0.05) is 11.4 Å². The highest BCUT2D eigenvalue weighted by atomic mass is 32.1. The highest BCUT2D eigenvalue weighted by Crippen LogP contribution is 2.22. The number of thiol groups is 1. The van der Waals surface area contributed by atoms with Crippen molar-refractivity contribution in [2.24, 2.45) is 0 Å². The van der Waals surface area contributed by atoms with Crippen LogP contribution >= 0.6 is 12.6 Å². The average molecular weight is 265 g/mol. The second-order valence-corrected chi connectivity index (χ2v) is 4.85. The molecule has 1 fully saturated rings. The Kier molecular flexibility index (Phi) is 3.91. The summed E-state index contributed by atoms with van der Waals surface area (Å²) in [7, 11) is 0. The quantitative estimate of drug-likeness (QED) is 0.805. The Hall–Kier alpha value is -1.49. The molecule has 4 nitrogen and oxygen atoms in total. The molecule has 0 aliphatic carbocycles. The minimum atomic E-state index is -0.931. The second-order valence-electron chi connectivity index (χ2n) is 4.37. The van der Waals surface area contributed by atoms with Crippen LogP contribution in [0, 0.1) is 0 Å². The Bertz CT molecular complexity index is 475. The summed E-state index contributed by atoms with van der Waals surface area (Å²) in [5.74, 6) is -1.17. The van der Waals surface area contributed by atoms with Crippen molar-refractivity contribution in [2.45, 2.75) is 30.2 Å². The van der Waals surface area contributed by atoms with Crippen molar-refractivity contribution in [2.75, 3.05) is 6.54 Å². The number of piperidine rings is 1. The molecule has 0 spiro atoms. The van der Waals surface area contributed by atoms with Crippen LogP contribution in [0.5, 0.6) is 0 Å². The van der Waals surface area contributed by atoms with E-state index in [0.717, 1.165) is 12.8 Å². The van der Waals surface area contributed by atoms with E-state index in [1.165, 1.54) is 4.90 Å². The van der Waals surface area contributed by atoms with Crippen LogP contribution < -0.4 is 0 Å². The Balaban J connectivity index is 2.27. The molecule has 1 aromatic rings. The van der Waals surface area contributed by atoms with Gasteiger partial charge in [-0.2, -0.15) is 0 Å². The molecule has 18 heavy (non-hydrogen) atoms. The van der Waals surface area contributed by atoms with Gasteiger partial charge in [-0.1, -0.05) is 12.1 Å². The monoisotopic (exact) mass is 265 g/mol. The van der Waals surface area contributed by atoms with Crippen molar-refractivity contribution >= 4 is 24.5 Å².